The lowest BCUT2D eigenvalue weighted by atomic mass is 10.0. The van der Waals surface area contributed by atoms with Crippen molar-refractivity contribution in [1.29, 1.82) is 0 Å². The number of carbonyl (C=O) groups is 2. The average Bonchev–Trinajstić information content (AvgIpc) is 2.59. The third kappa shape index (κ3) is 3.00. The molecule has 0 radical (unpaired) electrons. The first-order valence-corrected chi connectivity index (χ1v) is 5.24. The van der Waals surface area contributed by atoms with Crippen molar-refractivity contribution in [3.8, 4) is 0 Å². The summed E-state index contributed by atoms with van der Waals surface area (Å²) in [5, 5.41) is 21.7. The van der Waals surface area contributed by atoms with Crippen molar-refractivity contribution in [2.75, 3.05) is 13.1 Å². The monoisotopic (exact) mass is 239 g/mol. The molecule has 1 amide bonds. The van der Waals surface area contributed by atoms with Crippen LogP contribution in [0.2, 0.25) is 0 Å². The Balaban J connectivity index is 1.80. The standard InChI is InChI=1S/C9H13N5O3/c15-8(16)5-14-4-7(12-13-14)3-11-9(17)6-1-10-2-6/h4,6,10H,1-3,5H2,(H,11,17)(H,15,16). The Hall–Kier alpha value is -1.96. The van der Waals surface area contributed by atoms with E-state index in [9.17, 15) is 9.59 Å². The molecule has 1 aromatic rings. The fraction of sp³-hybridized carbons (Fsp3) is 0.556. The van der Waals surface area contributed by atoms with Gasteiger partial charge in [-0.05, 0) is 0 Å². The highest BCUT2D eigenvalue weighted by Gasteiger charge is 2.24. The Labute approximate surface area is 97.0 Å². The van der Waals surface area contributed by atoms with Gasteiger partial charge in [-0.25, -0.2) is 4.68 Å². The van der Waals surface area contributed by atoms with Gasteiger partial charge in [-0.15, -0.1) is 5.10 Å². The van der Waals surface area contributed by atoms with E-state index in [1.165, 1.54) is 10.9 Å². The molecule has 92 valence electrons. The molecule has 1 saturated heterocycles. The minimum atomic E-state index is -0.981. The van der Waals surface area contributed by atoms with Crippen molar-refractivity contribution in [3.63, 3.8) is 0 Å². The van der Waals surface area contributed by atoms with Crippen molar-refractivity contribution < 1.29 is 14.7 Å². The zero-order chi connectivity index (χ0) is 12.3. The van der Waals surface area contributed by atoms with Gasteiger partial charge in [0.1, 0.15) is 12.2 Å². The largest absolute Gasteiger partial charge is 0.480 e. The Bertz CT molecular complexity index is 426. The quantitative estimate of drug-likeness (QED) is 0.559. The number of rotatable bonds is 5. The summed E-state index contributed by atoms with van der Waals surface area (Å²) in [5.41, 5.74) is 0.548. The normalized spacial score (nSPS) is 15.3. The van der Waals surface area contributed by atoms with Gasteiger partial charge in [0, 0.05) is 13.1 Å². The molecule has 0 aliphatic carbocycles. The summed E-state index contributed by atoms with van der Waals surface area (Å²) in [6, 6.07) is 0. The highest BCUT2D eigenvalue weighted by molar-refractivity contribution is 5.79. The maximum atomic E-state index is 11.5. The first-order valence-electron chi connectivity index (χ1n) is 5.24. The van der Waals surface area contributed by atoms with Crippen molar-refractivity contribution in [3.05, 3.63) is 11.9 Å². The third-order valence-corrected chi connectivity index (χ3v) is 2.48. The van der Waals surface area contributed by atoms with E-state index >= 15 is 0 Å². The van der Waals surface area contributed by atoms with Crippen LogP contribution in [0, 0.1) is 5.92 Å². The zero-order valence-electron chi connectivity index (χ0n) is 9.09. The lowest BCUT2D eigenvalue weighted by Crippen LogP contribution is -2.50. The van der Waals surface area contributed by atoms with E-state index in [0.717, 1.165) is 0 Å². The van der Waals surface area contributed by atoms with Gasteiger partial charge in [0.2, 0.25) is 5.91 Å². The van der Waals surface area contributed by atoms with Gasteiger partial charge in [0.25, 0.3) is 0 Å². The number of carbonyl (C=O) groups excluding carboxylic acids is 1. The van der Waals surface area contributed by atoms with Gasteiger partial charge in [-0.1, -0.05) is 5.21 Å². The fourth-order valence-electron chi connectivity index (χ4n) is 1.43. The molecule has 1 fully saturated rings. The molecule has 1 aromatic heterocycles. The molecule has 1 aliphatic heterocycles. The van der Waals surface area contributed by atoms with Crippen molar-refractivity contribution >= 4 is 11.9 Å². The summed E-state index contributed by atoms with van der Waals surface area (Å²) >= 11 is 0. The predicted molar refractivity (Wildman–Crippen MR) is 55.9 cm³/mol. The van der Waals surface area contributed by atoms with Crippen LogP contribution in [0.5, 0.6) is 0 Å². The summed E-state index contributed by atoms with van der Waals surface area (Å²) in [4.78, 5) is 21.9. The van der Waals surface area contributed by atoms with Crippen LogP contribution in [-0.2, 0) is 22.7 Å². The van der Waals surface area contributed by atoms with Crippen LogP contribution in [0.25, 0.3) is 0 Å². The maximum absolute atomic E-state index is 11.5. The molecule has 0 aromatic carbocycles. The molecular formula is C9H13N5O3. The number of nitrogens with one attached hydrogen (secondary N) is 2. The number of hydrogen-bond donors (Lipinski definition) is 3. The Kier molecular flexibility index (Phi) is 3.33. The lowest BCUT2D eigenvalue weighted by Gasteiger charge is -2.25. The number of aliphatic carboxylic acids is 1. The number of hydrogen-bond acceptors (Lipinski definition) is 5. The predicted octanol–water partition coefficient (Wildman–Crippen LogP) is -1.80. The number of carboxylic acid groups (broad SMARTS) is 1. The zero-order valence-corrected chi connectivity index (χ0v) is 9.09. The first kappa shape index (κ1) is 11.5. The first-order chi connectivity index (χ1) is 8.15. The smallest absolute Gasteiger partial charge is 0.325 e. The van der Waals surface area contributed by atoms with Gasteiger partial charge < -0.3 is 15.7 Å². The van der Waals surface area contributed by atoms with E-state index < -0.39 is 5.97 Å². The number of nitrogens with zero attached hydrogens (tertiary/aromatic N) is 3. The fourth-order valence-corrected chi connectivity index (χ4v) is 1.43. The summed E-state index contributed by atoms with van der Waals surface area (Å²) < 4.78 is 1.22. The topological polar surface area (TPSA) is 109 Å². The van der Waals surface area contributed by atoms with Crippen LogP contribution in [0.4, 0.5) is 0 Å². The van der Waals surface area contributed by atoms with Gasteiger partial charge >= 0.3 is 5.97 Å². The number of amides is 1. The van der Waals surface area contributed by atoms with E-state index in [0.29, 0.717) is 18.8 Å². The minimum absolute atomic E-state index is 0.0171. The molecule has 0 atom stereocenters. The molecule has 8 heteroatoms. The second-order valence-electron chi connectivity index (χ2n) is 3.87. The highest BCUT2D eigenvalue weighted by atomic mass is 16.4. The molecule has 0 saturated carbocycles. The van der Waals surface area contributed by atoms with Crippen molar-refractivity contribution in [2.24, 2.45) is 5.92 Å². The molecule has 2 rings (SSSR count). The van der Waals surface area contributed by atoms with Crippen LogP contribution in [0.3, 0.4) is 0 Å². The van der Waals surface area contributed by atoms with Crippen LogP contribution in [0.15, 0.2) is 6.20 Å². The minimum Gasteiger partial charge on any atom is -0.480 e. The van der Waals surface area contributed by atoms with Crippen LogP contribution in [-0.4, -0.2) is 45.1 Å². The van der Waals surface area contributed by atoms with E-state index in [-0.39, 0.29) is 24.9 Å². The summed E-state index contributed by atoms with van der Waals surface area (Å²) in [5.74, 6) is -0.966. The van der Waals surface area contributed by atoms with E-state index in [4.69, 9.17) is 5.11 Å². The molecule has 0 unspecified atom stereocenters. The SMILES string of the molecule is O=C(O)Cn1cc(CNC(=O)C2CNC2)nn1. The Morgan fingerprint density at radius 3 is 2.94 bits per heavy atom. The number of aromatic nitrogens is 3. The second-order valence-corrected chi connectivity index (χ2v) is 3.87. The molecule has 2 heterocycles. The molecule has 3 N–H and O–H groups in total. The summed E-state index contributed by atoms with van der Waals surface area (Å²) in [6.07, 6.45) is 1.51. The van der Waals surface area contributed by atoms with E-state index in [2.05, 4.69) is 20.9 Å². The third-order valence-electron chi connectivity index (χ3n) is 2.48. The van der Waals surface area contributed by atoms with Gasteiger partial charge in [-0.3, -0.25) is 9.59 Å². The second kappa shape index (κ2) is 4.91. The van der Waals surface area contributed by atoms with Gasteiger partial charge in [0.05, 0.1) is 18.7 Å². The Morgan fingerprint density at radius 2 is 2.35 bits per heavy atom. The number of carboxylic acids is 1. The highest BCUT2D eigenvalue weighted by Crippen LogP contribution is 2.02. The summed E-state index contributed by atoms with van der Waals surface area (Å²) in [7, 11) is 0. The molecule has 1 aliphatic rings. The maximum Gasteiger partial charge on any atom is 0.325 e. The summed E-state index contributed by atoms with van der Waals surface area (Å²) in [6.45, 7) is 1.46. The molecule has 17 heavy (non-hydrogen) atoms. The van der Waals surface area contributed by atoms with Gasteiger partial charge in [0.15, 0.2) is 0 Å². The van der Waals surface area contributed by atoms with E-state index in [1.807, 2.05) is 0 Å². The van der Waals surface area contributed by atoms with Crippen LogP contribution in [0.1, 0.15) is 5.69 Å². The van der Waals surface area contributed by atoms with Crippen molar-refractivity contribution in [1.82, 2.24) is 25.6 Å². The molecule has 0 spiro atoms. The van der Waals surface area contributed by atoms with Gasteiger partial charge in [-0.2, -0.15) is 0 Å². The molecule has 0 bridgehead atoms. The molecule has 8 nitrogen and oxygen atoms in total. The van der Waals surface area contributed by atoms with Crippen LogP contribution >= 0.6 is 0 Å². The van der Waals surface area contributed by atoms with E-state index in [1.54, 1.807) is 0 Å². The Morgan fingerprint density at radius 1 is 1.59 bits per heavy atom. The molecular weight excluding hydrogens is 226 g/mol. The van der Waals surface area contributed by atoms with Crippen LogP contribution < -0.4 is 10.6 Å². The average molecular weight is 239 g/mol. The lowest BCUT2D eigenvalue weighted by molar-refractivity contribution is -0.138. The van der Waals surface area contributed by atoms with Crippen molar-refractivity contribution in [2.45, 2.75) is 13.1 Å².